The molecule has 144 valence electrons. The third kappa shape index (κ3) is 4.11. The van der Waals surface area contributed by atoms with E-state index in [0.29, 0.717) is 11.8 Å². The van der Waals surface area contributed by atoms with Crippen LogP contribution in [0.1, 0.15) is 32.1 Å². The molecule has 0 N–H and O–H groups in total. The summed E-state index contributed by atoms with van der Waals surface area (Å²) in [5, 5.41) is 0.734. The Morgan fingerprint density at radius 1 is 1.07 bits per heavy atom. The molecule has 0 atom stereocenters. The van der Waals surface area contributed by atoms with Gasteiger partial charge >= 0.3 is 0 Å². The summed E-state index contributed by atoms with van der Waals surface area (Å²) in [5.74, 6) is 0.943. The standard InChI is InChI=1S/C21H26BrN3O2/c22-18-7-3-6-17-19(26)8-9-25(21(17)18)15-23-10-12-24(13-11-23)20(27)14-16-4-1-2-5-16/h3,6-9,16H,1-2,4-5,10-15H2. The van der Waals surface area contributed by atoms with E-state index in [1.165, 1.54) is 25.7 Å². The van der Waals surface area contributed by atoms with Crippen molar-refractivity contribution in [2.75, 3.05) is 26.2 Å². The number of benzene rings is 1. The number of carbonyl (C=O) groups is 1. The molecule has 1 aromatic carbocycles. The maximum Gasteiger partial charge on any atom is 0.222 e. The van der Waals surface area contributed by atoms with Crippen LogP contribution >= 0.6 is 15.9 Å². The zero-order valence-corrected chi connectivity index (χ0v) is 17.2. The quantitative estimate of drug-likeness (QED) is 0.744. The average molecular weight is 432 g/mol. The van der Waals surface area contributed by atoms with Crippen molar-refractivity contribution in [1.29, 1.82) is 0 Å². The second kappa shape index (κ2) is 8.15. The van der Waals surface area contributed by atoms with Crippen LogP contribution in [0.4, 0.5) is 0 Å². The maximum absolute atomic E-state index is 12.5. The van der Waals surface area contributed by atoms with Crippen molar-refractivity contribution < 1.29 is 4.79 Å². The van der Waals surface area contributed by atoms with Crippen LogP contribution in [0.25, 0.3) is 10.9 Å². The van der Waals surface area contributed by atoms with Gasteiger partial charge in [-0.05, 0) is 46.8 Å². The summed E-state index contributed by atoms with van der Waals surface area (Å²) in [6, 6.07) is 7.37. The number of hydrogen-bond donors (Lipinski definition) is 0. The highest BCUT2D eigenvalue weighted by Crippen LogP contribution is 2.28. The SMILES string of the molecule is O=C(CC1CCCC1)N1CCN(Cn2ccc(=O)c3cccc(Br)c32)CC1. The molecule has 1 aliphatic carbocycles. The van der Waals surface area contributed by atoms with Crippen LogP contribution < -0.4 is 5.43 Å². The second-order valence-corrected chi connectivity index (χ2v) is 8.63. The van der Waals surface area contributed by atoms with Crippen LogP contribution in [-0.2, 0) is 11.5 Å². The Morgan fingerprint density at radius 3 is 2.56 bits per heavy atom. The Morgan fingerprint density at radius 2 is 1.81 bits per heavy atom. The summed E-state index contributed by atoms with van der Waals surface area (Å²) in [5.41, 5.74) is 0.981. The molecule has 2 fully saturated rings. The fraction of sp³-hybridized carbons (Fsp3) is 0.524. The molecular formula is C21H26BrN3O2. The molecule has 6 heteroatoms. The lowest BCUT2D eigenvalue weighted by Crippen LogP contribution is -2.49. The predicted octanol–water partition coefficient (Wildman–Crippen LogP) is 3.45. The van der Waals surface area contributed by atoms with Crippen LogP contribution in [0.5, 0.6) is 0 Å². The van der Waals surface area contributed by atoms with Crippen LogP contribution in [0.2, 0.25) is 0 Å². The van der Waals surface area contributed by atoms with Crippen LogP contribution in [0.15, 0.2) is 39.7 Å². The lowest BCUT2D eigenvalue weighted by molar-refractivity contribution is -0.134. The fourth-order valence-corrected chi connectivity index (χ4v) is 4.98. The topological polar surface area (TPSA) is 45.6 Å². The zero-order valence-electron chi connectivity index (χ0n) is 15.6. The van der Waals surface area contributed by atoms with Gasteiger partial charge in [-0.25, -0.2) is 0 Å². The molecule has 2 aliphatic rings. The van der Waals surface area contributed by atoms with Crippen molar-refractivity contribution in [3.05, 3.63) is 45.2 Å². The number of aromatic nitrogens is 1. The summed E-state index contributed by atoms with van der Waals surface area (Å²) < 4.78 is 3.06. The number of halogens is 1. The molecule has 1 aromatic heterocycles. The lowest BCUT2D eigenvalue weighted by Gasteiger charge is -2.35. The van der Waals surface area contributed by atoms with E-state index in [9.17, 15) is 9.59 Å². The minimum Gasteiger partial charge on any atom is -0.340 e. The van der Waals surface area contributed by atoms with Crippen LogP contribution in [0.3, 0.4) is 0 Å². The average Bonchev–Trinajstić information content (AvgIpc) is 3.18. The number of nitrogens with zero attached hydrogens (tertiary/aromatic N) is 3. The summed E-state index contributed by atoms with van der Waals surface area (Å²) >= 11 is 3.59. The Bertz CT molecular complexity index is 881. The Balaban J connectivity index is 1.40. The van der Waals surface area contributed by atoms with E-state index in [1.54, 1.807) is 6.07 Å². The van der Waals surface area contributed by atoms with Crippen LogP contribution in [-0.4, -0.2) is 46.5 Å². The monoisotopic (exact) mass is 431 g/mol. The Labute approximate surface area is 168 Å². The van der Waals surface area contributed by atoms with E-state index in [4.69, 9.17) is 0 Å². The van der Waals surface area contributed by atoms with Gasteiger partial charge in [0.25, 0.3) is 0 Å². The fourth-order valence-electron chi connectivity index (χ4n) is 4.39. The number of carbonyl (C=O) groups excluding carboxylic acids is 1. The zero-order chi connectivity index (χ0) is 18.8. The van der Waals surface area contributed by atoms with Crippen molar-refractivity contribution in [2.24, 2.45) is 5.92 Å². The van der Waals surface area contributed by atoms with Crippen molar-refractivity contribution in [3.63, 3.8) is 0 Å². The molecule has 5 nitrogen and oxygen atoms in total. The second-order valence-electron chi connectivity index (χ2n) is 7.78. The lowest BCUT2D eigenvalue weighted by atomic mass is 10.0. The minimum atomic E-state index is 0.0462. The molecule has 0 unspecified atom stereocenters. The first-order valence-electron chi connectivity index (χ1n) is 9.89. The van der Waals surface area contributed by atoms with Crippen molar-refractivity contribution in [3.8, 4) is 0 Å². The van der Waals surface area contributed by atoms with Gasteiger partial charge in [-0.1, -0.05) is 18.9 Å². The first kappa shape index (κ1) is 18.7. The summed E-state index contributed by atoms with van der Waals surface area (Å²) in [6.45, 7) is 4.06. The first-order valence-corrected chi connectivity index (χ1v) is 10.7. The van der Waals surface area contributed by atoms with Gasteiger partial charge in [0.15, 0.2) is 5.43 Å². The van der Waals surface area contributed by atoms with Gasteiger partial charge in [0.1, 0.15) is 0 Å². The number of rotatable bonds is 4. The summed E-state index contributed by atoms with van der Waals surface area (Å²) in [6.07, 6.45) is 7.62. The van der Waals surface area contributed by atoms with E-state index in [2.05, 4.69) is 25.4 Å². The van der Waals surface area contributed by atoms with Gasteiger partial charge < -0.3 is 9.47 Å². The van der Waals surface area contributed by atoms with E-state index >= 15 is 0 Å². The van der Waals surface area contributed by atoms with Gasteiger partial charge in [0.05, 0.1) is 12.2 Å². The van der Waals surface area contributed by atoms with Gasteiger partial charge in [-0.2, -0.15) is 0 Å². The minimum absolute atomic E-state index is 0.0462. The van der Waals surface area contributed by atoms with E-state index in [1.807, 2.05) is 29.3 Å². The molecule has 27 heavy (non-hydrogen) atoms. The number of fused-ring (bicyclic) bond motifs is 1. The summed E-state index contributed by atoms with van der Waals surface area (Å²) in [4.78, 5) is 29.1. The number of hydrogen-bond acceptors (Lipinski definition) is 3. The third-order valence-corrected chi connectivity index (χ3v) is 6.60. The normalized spacial score (nSPS) is 19.1. The number of para-hydroxylation sites is 1. The van der Waals surface area contributed by atoms with Crippen molar-refractivity contribution in [1.82, 2.24) is 14.4 Å². The molecule has 1 aliphatic heterocycles. The molecule has 2 aromatic rings. The highest BCUT2D eigenvalue weighted by molar-refractivity contribution is 9.10. The molecule has 2 heterocycles. The Hall–Kier alpha value is -1.66. The van der Waals surface area contributed by atoms with Gasteiger partial charge in [-0.15, -0.1) is 0 Å². The summed E-state index contributed by atoms with van der Waals surface area (Å²) in [7, 11) is 0. The van der Waals surface area contributed by atoms with E-state index < -0.39 is 0 Å². The highest BCUT2D eigenvalue weighted by atomic mass is 79.9. The molecule has 4 rings (SSSR count). The molecule has 0 bridgehead atoms. The van der Waals surface area contributed by atoms with Crippen molar-refractivity contribution >= 4 is 32.7 Å². The van der Waals surface area contributed by atoms with E-state index in [-0.39, 0.29) is 5.43 Å². The molecule has 1 saturated heterocycles. The molecule has 1 amide bonds. The van der Waals surface area contributed by atoms with Gasteiger partial charge in [0.2, 0.25) is 5.91 Å². The Kier molecular flexibility index (Phi) is 5.64. The number of amides is 1. The van der Waals surface area contributed by atoms with Crippen molar-refractivity contribution in [2.45, 2.75) is 38.8 Å². The predicted molar refractivity (Wildman–Crippen MR) is 111 cm³/mol. The molecule has 0 radical (unpaired) electrons. The van der Waals surface area contributed by atoms with Crippen LogP contribution in [0, 0.1) is 5.92 Å². The number of piperazine rings is 1. The maximum atomic E-state index is 12.5. The van der Waals surface area contributed by atoms with E-state index in [0.717, 1.165) is 54.6 Å². The van der Waals surface area contributed by atoms with Gasteiger partial charge in [0, 0.05) is 54.7 Å². The largest absolute Gasteiger partial charge is 0.340 e. The third-order valence-electron chi connectivity index (χ3n) is 5.96. The first-order chi connectivity index (χ1) is 13.1. The molecular weight excluding hydrogens is 406 g/mol. The smallest absolute Gasteiger partial charge is 0.222 e. The molecule has 0 spiro atoms. The molecule has 1 saturated carbocycles. The highest BCUT2D eigenvalue weighted by Gasteiger charge is 2.25. The van der Waals surface area contributed by atoms with Gasteiger partial charge in [-0.3, -0.25) is 14.5 Å². The number of pyridine rings is 1.